The van der Waals surface area contributed by atoms with Crippen molar-refractivity contribution in [3.63, 3.8) is 0 Å². The highest BCUT2D eigenvalue weighted by molar-refractivity contribution is 5.16. The Morgan fingerprint density at radius 3 is 2.91 bits per heavy atom. The van der Waals surface area contributed by atoms with Gasteiger partial charge in [0.2, 0.25) is 0 Å². The molecule has 0 radical (unpaired) electrons. The van der Waals surface area contributed by atoms with E-state index in [0.29, 0.717) is 5.92 Å². The van der Waals surface area contributed by atoms with E-state index in [1.165, 1.54) is 0 Å². The fraction of sp³-hybridized carbons (Fsp3) is 0.500. The smallest absolute Gasteiger partial charge is 0.258 e. The summed E-state index contributed by atoms with van der Waals surface area (Å²) in [6, 6.07) is 0. The molecule has 0 fully saturated rings. The number of rotatable bonds is 2. The zero-order valence-electron chi connectivity index (χ0n) is 6.49. The number of allylic oxidation sites excluding steroid dienone is 3. The van der Waals surface area contributed by atoms with Gasteiger partial charge in [-0.15, -0.1) is 0 Å². The average molecular weight is 153 g/mol. The van der Waals surface area contributed by atoms with E-state index >= 15 is 0 Å². The molecule has 0 aliphatic heterocycles. The fourth-order valence-corrected chi connectivity index (χ4v) is 1.09. The van der Waals surface area contributed by atoms with Gasteiger partial charge in [0.1, 0.15) is 0 Å². The molecule has 3 nitrogen and oxygen atoms in total. The van der Waals surface area contributed by atoms with E-state index in [4.69, 9.17) is 0 Å². The minimum atomic E-state index is -0.345. The minimum absolute atomic E-state index is 0.231. The van der Waals surface area contributed by atoms with Crippen LogP contribution < -0.4 is 0 Å². The summed E-state index contributed by atoms with van der Waals surface area (Å²) in [7, 11) is 0. The lowest BCUT2D eigenvalue weighted by Gasteiger charge is -2.08. The molecule has 0 bridgehead atoms. The van der Waals surface area contributed by atoms with Crippen molar-refractivity contribution in [2.45, 2.75) is 19.8 Å². The second-order valence-corrected chi connectivity index (χ2v) is 2.65. The molecule has 0 heterocycles. The fourth-order valence-electron chi connectivity index (χ4n) is 1.09. The van der Waals surface area contributed by atoms with E-state index in [1.807, 2.05) is 6.08 Å². The summed E-state index contributed by atoms with van der Waals surface area (Å²) in [6.07, 6.45) is 7.06. The van der Waals surface area contributed by atoms with Crippen molar-refractivity contribution in [2.24, 2.45) is 5.92 Å². The van der Waals surface area contributed by atoms with Crippen LogP contribution in [0.25, 0.3) is 0 Å². The Morgan fingerprint density at radius 1 is 1.82 bits per heavy atom. The standard InChI is InChI=1S/C8H11NO2/c1-2-7-3-5-8(6-4-7)9(10)11/h3,5-7H,2,4H2,1H3. The van der Waals surface area contributed by atoms with Crippen LogP contribution >= 0.6 is 0 Å². The summed E-state index contributed by atoms with van der Waals surface area (Å²) in [4.78, 5) is 9.89. The Labute approximate surface area is 65.6 Å². The molecule has 1 aliphatic rings. The van der Waals surface area contributed by atoms with Gasteiger partial charge in [0.05, 0.1) is 4.92 Å². The maximum absolute atomic E-state index is 10.2. The van der Waals surface area contributed by atoms with Crippen LogP contribution in [0.3, 0.4) is 0 Å². The predicted molar refractivity (Wildman–Crippen MR) is 42.6 cm³/mol. The molecule has 0 saturated heterocycles. The molecule has 1 atom stereocenters. The maximum atomic E-state index is 10.2. The van der Waals surface area contributed by atoms with Crippen LogP contribution in [0.4, 0.5) is 0 Å². The molecule has 0 aromatic heterocycles. The van der Waals surface area contributed by atoms with Crippen LogP contribution in [0.1, 0.15) is 19.8 Å². The second-order valence-electron chi connectivity index (χ2n) is 2.65. The van der Waals surface area contributed by atoms with E-state index < -0.39 is 0 Å². The van der Waals surface area contributed by atoms with Crippen LogP contribution in [0.2, 0.25) is 0 Å². The average Bonchev–Trinajstić information content (AvgIpc) is 2.05. The van der Waals surface area contributed by atoms with Crippen molar-refractivity contribution in [1.82, 2.24) is 0 Å². The van der Waals surface area contributed by atoms with Crippen molar-refractivity contribution in [1.29, 1.82) is 0 Å². The highest BCUT2D eigenvalue weighted by atomic mass is 16.6. The van der Waals surface area contributed by atoms with Gasteiger partial charge in [-0.05, 0) is 24.8 Å². The number of hydrogen-bond donors (Lipinski definition) is 0. The lowest BCUT2D eigenvalue weighted by atomic mass is 9.97. The van der Waals surface area contributed by atoms with Crippen molar-refractivity contribution < 1.29 is 4.92 Å². The van der Waals surface area contributed by atoms with E-state index in [-0.39, 0.29) is 10.6 Å². The topological polar surface area (TPSA) is 43.1 Å². The molecule has 0 spiro atoms. The predicted octanol–water partition coefficient (Wildman–Crippen LogP) is 2.13. The van der Waals surface area contributed by atoms with Gasteiger partial charge in [0, 0.05) is 6.08 Å². The minimum Gasteiger partial charge on any atom is -0.258 e. The SMILES string of the molecule is CCC1C=CC([N+](=O)[O-])=CC1. The summed E-state index contributed by atoms with van der Waals surface area (Å²) in [5.74, 6) is 0.499. The summed E-state index contributed by atoms with van der Waals surface area (Å²) in [5, 5.41) is 10.2. The first kappa shape index (κ1) is 7.98. The largest absolute Gasteiger partial charge is 0.265 e. The van der Waals surface area contributed by atoms with Crippen LogP contribution in [-0.2, 0) is 0 Å². The molecule has 0 aromatic carbocycles. The monoisotopic (exact) mass is 153 g/mol. The van der Waals surface area contributed by atoms with Gasteiger partial charge in [0.15, 0.2) is 0 Å². The highest BCUT2D eigenvalue weighted by Crippen LogP contribution is 2.18. The third-order valence-corrected chi connectivity index (χ3v) is 1.90. The summed E-state index contributed by atoms with van der Waals surface area (Å²) in [5.41, 5.74) is 0.231. The summed E-state index contributed by atoms with van der Waals surface area (Å²) < 4.78 is 0. The van der Waals surface area contributed by atoms with E-state index in [9.17, 15) is 10.1 Å². The zero-order chi connectivity index (χ0) is 8.27. The number of nitrogens with zero attached hydrogens (tertiary/aromatic N) is 1. The van der Waals surface area contributed by atoms with Crippen LogP contribution in [0.5, 0.6) is 0 Å². The number of hydrogen-bond acceptors (Lipinski definition) is 2. The van der Waals surface area contributed by atoms with Crippen molar-refractivity contribution in [3.8, 4) is 0 Å². The molecule has 3 heteroatoms. The maximum Gasteiger partial charge on any atom is 0.265 e. The third-order valence-electron chi connectivity index (χ3n) is 1.90. The molecule has 60 valence electrons. The van der Waals surface area contributed by atoms with E-state index in [1.54, 1.807) is 12.2 Å². The molecule has 1 unspecified atom stereocenters. The van der Waals surface area contributed by atoms with E-state index in [2.05, 4.69) is 6.92 Å². The van der Waals surface area contributed by atoms with Gasteiger partial charge in [-0.2, -0.15) is 0 Å². The van der Waals surface area contributed by atoms with Gasteiger partial charge in [0.25, 0.3) is 5.70 Å². The Kier molecular flexibility index (Phi) is 2.41. The Morgan fingerprint density at radius 2 is 2.55 bits per heavy atom. The molecule has 11 heavy (non-hydrogen) atoms. The molecule has 0 amide bonds. The van der Waals surface area contributed by atoms with Gasteiger partial charge in [-0.25, -0.2) is 0 Å². The third kappa shape index (κ3) is 1.90. The lowest BCUT2D eigenvalue weighted by Crippen LogP contribution is -2.03. The second kappa shape index (κ2) is 3.32. The number of nitro groups is 1. The summed E-state index contributed by atoms with van der Waals surface area (Å²) in [6.45, 7) is 2.08. The zero-order valence-corrected chi connectivity index (χ0v) is 6.49. The van der Waals surface area contributed by atoms with Crippen LogP contribution in [-0.4, -0.2) is 4.92 Å². The first-order valence-corrected chi connectivity index (χ1v) is 3.76. The van der Waals surface area contributed by atoms with Crippen molar-refractivity contribution >= 4 is 0 Å². The first-order chi connectivity index (χ1) is 5.24. The van der Waals surface area contributed by atoms with Gasteiger partial charge in [-0.1, -0.05) is 13.0 Å². The Hall–Kier alpha value is -1.12. The molecule has 0 aromatic rings. The van der Waals surface area contributed by atoms with Gasteiger partial charge >= 0.3 is 0 Å². The van der Waals surface area contributed by atoms with Gasteiger partial charge < -0.3 is 0 Å². The van der Waals surface area contributed by atoms with Crippen LogP contribution in [0.15, 0.2) is 23.9 Å². The van der Waals surface area contributed by atoms with Gasteiger partial charge in [-0.3, -0.25) is 10.1 Å². The molecular formula is C8H11NO2. The van der Waals surface area contributed by atoms with E-state index in [0.717, 1.165) is 12.8 Å². The van der Waals surface area contributed by atoms with Crippen molar-refractivity contribution in [2.75, 3.05) is 0 Å². The molecule has 1 aliphatic carbocycles. The molecule has 1 rings (SSSR count). The Bertz CT molecular complexity index is 218. The first-order valence-electron chi connectivity index (χ1n) is 3.76. The molecule has 0 saturated carbocycles. The van der Waals surface area contributed by atoms with Crippen molar-refractivity contribution in [3.05, 3.63) is 34.0 Å². The molecule has 0 N–H and O–H groups in total. The van der Waals surface area contributed by atoms with Crippen LogP contribution in [0, 0.1) is 16.0 Å². The normalized spacial score (nSPS) is 23.0. The summed E-state index contributed by atoms with van der Waals surface area (Å²) >= 11 is 0. The lowest BCUT2D eigenvalue weighted by molar-refractivity contribution is -0.419. The quantitative estimate of drug-likeness (QED) is 0.450. The Balaban J connectivity index is 2.60. The highest BCUT2D eigenvalue weighted by Gasteiger charge is 2.12. The molecular weight excluding hydrogens is 142 g/mol.